The van der Waals surface area contributed by atoms with E-state index in [2.05, 4.69) is 16.3 Å². The van der Waals surface area contributed by atoms with E-state index in [1.807, 2.05) is 18.2 Å². The van der Waals surface area contributed by atoms with Crippen LogP contribution in [0, 0.1) is 0 Å². The molecule has 2 aliphatic rings. The molecule has 1 N–H and O–H groups in total. The first kappa shape index (κ1) is 16.4. The average Bonchev–Trinajstić information content (AvgIpc) is 2.91. The van der Waals surface area contributed by atoms with Gasteiger partial charge in [-0.2, -0.15) is 0 Å². The van der Waals surface area contributed by atoms with E-state index in [4.69, 9.17) is 0 Å². The van der Waals surface area contributed by atoms with Crippen LogP contribution in [0.4, 0.5) is 11.4 Å². The fourth-order valence-corrected chi connectivity index (χ4v) is 5.26. The van der Waals surface area contributed by atoms with Crippen molar-refractivity contribution in [2.45, 2.75) is 17.7 Å². The highest BCUT2D eigenvalue weighted by molar-refractivity contribution is 7.92. The first-order valence-electron chi connectivity index (χ1n) is 8.83. The summed E-state index contributed by atoms with van der Waals surface area (Å²) in [5, 5.41) is 3.42. The zero-order chi connectivity index (χ0) is 17.3. The number of fused-ring (bicyclic) bond motifs is 1. The minimum absolute atomic E-state index is 0.354. The van der Waals surface area contributed by atoms with Gasteiger partial charge in [-0.3, -0.25) is 4.31 Å². The maximum atomic E-state index is 13.0. The van der Waals surface area contributed by atoms with Gasteiger partial charge in [0.2, 0.25) is 0 Å². The van der Waals surface area contributed by atoms with Crippen molar-refractivity contribution in [2.75, 3.05) is 41.9 Å². The number of rotatable bonds is 3. The second-order valence-electron chi connectivity index (χ2n) is 6.51. The number of hydrogen-bond donors (Lipinski definition) is 1. The number of nitrogens with zero attached hydrogens (tertiary/aromatic N) is 2. The van der Waals surface area contributed by atoms with Gasteiger partial charge in [0.15, 0.2) is 0 Å². The highest BCUT2D eigenvalue weighted by Crippen LogP contribution is 2.38. The molecule has 1 saturated heterocycles. The van der Waals surface area contributed by atoms with Crippen molar-refractivity contribution in [3.8, 4) is 0 Å². The second-order valence-corrected chi connectivity index (χ2v) is 8.37. The van der Waals surface area contributed by atoms with Gasteiger partial charge in [-0.15, -0.1) is 0 Å². The number of benzene rings is 2. The van der Waals surface area contributed by atoms with E-state index in [0.29, 0.717) is 11.4 Å². The second kappa shape index (κ2) is 6.69. The standard InChI is InChI=1S/C19H23N3O2S/c23-25(24,16-6-2-1-3-7-16)22-14-10-17-18(8-4-9-19(17)22)21-13-5-11-20-12-15-21/h1-4,6-9,20H,5,10-15H2. The Bertz CT molecular complexity index is 844. The molecule has 25 heavy (non-hydrogen) atoms. The number of anilines is 2. The number of sulfonamides is 1. The predicted molar refractivity (Wildman–Crippen MR) is 101 cm³/mol. The third-order valence-corrected chi connectivity index (χ3v) is 6.80. The Morgan fingerprint density at radius 2 is 1.64 bits per heavy atom. The Morgan fingerprint density at radius 1 is 0.840 bits per heavy atom. The maximum Gasteiger partial charge on any atom is 0.264 e. The van der Waals surface area contributed by atoms with Crippen molar-refractivity contribution in [2.24, 2.45) is 0 Å². The molecule has 0 bridgehead atoms. The lowest BCUT2D eigenvalue weighted by atomic mass is 10.1. The molecule has 6 heteroatoms. The largest absolute Gasteiger partial charge is 0.370 e. The Morgan fingerprint density at radius 3 is 2.48 bits per heavy atom. The third-order valence-electron chi connectivity index (χ3n) is 4.97. The SMILES string of the molecule is O=S(=O)(c1ccccc1)N1CCc2c(N3CCCNCC3)cccc21. The molecule has 2 heterocycles. The smallest absolute Gasteiger partial charge is 0.264 e. The van der Waals surface area contributed by atoms with Crippen molar-refractivity contribution in [3.05, 3.63) is 54.1 Å². The molecule has 0 unspecified atom stereocenters. The van der Waals surface area contributed by atoms with Crippen LogP contribution in [-0.2, 0) is 16.4 Å². The van der Waals surface area contributed by atoms with Crippen LogP contribution in [0.1, 0.15) is 12.0 Å². The van der Waals surface area contributed by atoms with E-state index in [9.17, 15) is 8.42 Å². The Labute approximate surface area is 149 Å². The van der Waals surface area contributed by atoms with Crippen LogP contribution in [-0.4, -0.2) is 41.1 Å². The van der Waals surface area contributed by atoms with Crippen molar-refractivity contribution in [3.63, 3.8) is 0 Å². The lowest BCUT2D eigenvalue weighted by molar-refractivity contribution is 0.592. The van der Waals surface area contributed by atoms with Gasteiger partial charge in [0.25, 0.3) is 10.0 Å². The average molecular weight is 357 g/mol. The lowest BCUT2D eigenvalue weighted by Gasteiger charge is -2.26. The zero-order valence-electron chi connectivity index (χ0n) is 14.2. The molecule has 1 fully saturated rings. The summed E-state index contributed by atoms with van der Waals surface area (Å²) in [6, 6.07) is 14.7. The van der Waals surface area contributed by atoms with Crippen LogP contribution >= 0.6 is 0 Å². The summed E-state index contributed by atoms with van der Waals surface area (Å²) >= 11 is 0. The molecule has 2 aliphatic heterocycles. The molecule has 0 saturated carbocycles. The molecule has 0 atom stereocenters. The van der Waals surface area contributed by atoms with E-state index < -0.39 is 10.0 Å². The fraction of sp³-hybridized carbons (Fsp3) is 0.368. The summed E-state index contributed by atoms with van der Waals surface area (Å²) in [7, 11) is -3.50. The summed E-state index contributed by atoms with van der Waals surface area (Å²) in [4.78, 5) is 2.74. The van der Waals surface area contributed by atoms with Gasteiger partial charge in [0, 0.05) is 37.4 Å². The van der Waals surface area contributed by atoms with Crippen LogP contribution in [0.2, 0.25) is 0 Å². The van der Waals surface area contributed by atoms with E-state index in [1.165, 1.54) is 5.69 Å². The molecule has 5 nitrogen and oxygen atoms in total. The minimum Gasteiger partial charge on any atom is -0.370 e. The molecule has 132 valence electrons. The third kappa shape index (κ3) is 3.00. The van der Waals surface area contributed by atoms with Gasteiger partial charge in [-0.1, -0.05) is 24.3 Å². The monoisotopic (exact) mass is 357 g/mol. The summed E-state index contributed by atoms with van der Waals surface area (Å²) in [5.74, 6) is 0. The molecular weight excluding hydrogens is 334 g/mol. The van der Waals surface area contributed by atoms with Gasteiger partial charge in [0.1, 0.15) is 0 Å². The quantitative estimate of drug-likeness (QED) is 0.915. The van der Waals surface area contributed by atoms with Crippen LogP contribution in [0.15, 0.2) is 53.4 Å². The minimum atomic E-state index is -3.50. The molecule has 0 spiro atoms. The first-order valence-corrected chi connectivity index (χ1v) is 10.3. The van der Waals surface area contributed by atoms with Gasteiger partial charge in [-0.05, 0) is 43.7 Å². The van der Waals surface area contributed by atoms with Crippen molar-refractivity contribution < 1.29 is 8.42 Å². The lowest BCUT2D eigenvalue weighted by Crippen LogP contribution is -2.29. The molecule has 0 amide bonds. The topological polar surface area (TPSA) is 52.7 Å². The summed E-state index contributed by atoms with van der Waals surface area (Å²) in [6.45, 7) is 4.49. The Hall–Kier alpha value is -2.05. The molecule has 2 aromatic rings. The van der Waals surface area contributed by atoms with E-state index >= 15 is 0 Å². The fourth-order valence-electron chi connectivity index (χ4n) is 3.74. The molecule has 0 aromatic heterocycles. The van der Waals surface area contributed by atoms with Crippen LogP contribution in [0.25, 0.3) is 0 Å². The van der Waals surface area contributed by atoms with Gasteiger partial charge >= 0.3 is 0 Å². The van der Waals surface area contributed by atoms with E-state index in [0.717, 1.165) is 50.3 Å². The first-order chi connectivity index (χ1) is 12.2. The van der Waals surface area contributed by atoms with Crippen LogP contribution in [0.3, 0.4) is 0 Å². The molecule has 4 rings (SSSR count). The molecule has 0 radical (unpaired) electrons. The van der Waals surface area contributed by atoms with Gasteiger partial charge < -0.3 is 10.2 Å². The van der Waals surface area contributed by atoms with E-state index in [1.54, 1.807) is 28.6 Å². The Balaban J connectivity index is 1.71. The summed E-state index contributed by atoms with van der Waals surface area (Å²) in [5.41, 5.74) is 3.18. The Kier molecular flexibility index (Phi) is 4.39. The molecular formula is C19H23N3O2S. The normalized spacial score (nSPS) is 18.1. The maximum absolute atomic E-state index is 13.0. The molecule has 2 aromatic carbocycles. The van der Waals surface area contributed by atoms with Crippen LogP contribution in [0.5, 0.6) is 0 Å². The van der Waals surface area contributed by atoms with Crippen LogP contribution < -0.4 is 14.5 Å². The summed E-state index contributed by atoms with van der Waals surface area (Å²) < 4.78 is 27.7. The highest BCUT2D eigenvalue weighted by Gasteiger charge is 2.32. The van der Waals surface area contributed by atoms with Crippen molar-refractivity contribution in [1.82, 2.24) is 5.32 Å². The van der Waals surface area contributed by atoms with Crippen molar-refractivity contribution in [1.29, 1.82) is 0 Å². The van der Waals surface area contributed by atoms with E-state index in [-0.39, 0.29) is 0 Å². The van der Waals surface area contributed by atoms with Gasteiger partial charge in [-0.25, -0.2) is 8.42 Å². The van der Waals surface area contributed by atoms with Crippen molar-refractivity contribution >= 4 is 21.4 Å². The summed E-state index contributed by atoms with van der Waals surface area (Å²) in [6.07, 6.45) is 1.87. The number of hydrogen-bond acceptors (Lipinski definition) is 4. The highest BCUT2D eigenvalue weighted by atomic mass is 32.2. The number of nitrogens with one attached hydrogen (secondary N) is 1. The zero-order valence-corrected chi connectivity index (χ0v) is 15.0. The predicted octanol–water partition coefficient (Wildman–Crippen LogP) is 2.24. The van der Waals surface area contributed by atoms with Gasteiger partial charge in [0.05, 0.1) is 10.6 Å². The molecule has 0 aliphatic carbocycles.